The first-order valence-corrected chi connectivity index (χ1v) is 7.93. The van der Waals surface area contributed by atoms with E-state index in [-0.39, 0.29) is 52.3 Å². The number of aliphatic hydroxyl groups excluding tert-OH is 6. The molecule has 0 fully saturated rings. The van der Waals surface area contributed by atoms with E-state index in [1.807, 2.05) is 0 Å². The molecule has 154 valence electrons. The van der Waals surface area contributed by atoms with E-state index in [0.717, 1.165) is 0 Å². The van der Waals surface area contributed by atoms with E-state index in [0.29, 0.717) is 0 Å². The fraction of sp³-hybridized carbons (Fsp3) is 0.857. The van der Waals surface area contributed by atoms with Crippen molar-refractivity contribution in [3.05, 3.63) is 0 Å². The molecule has 0 saturated heterocycles. The molecule has 8 N–H and O–H groups in total. The summed E-state index contributed by atoms with van der Waals surface area (Å²) < 4.78 is 8.68. The van der Waals surface area contributed by atoms with Gasteiger partial charge in [0.15, 0.2) is 0 Å². The van der Waals surface area contributed by atoms with Gasteiger partial charge >= 0.3 is 0 Å². The van der Waals surface area contributed by atoms with Crippen LogP contribution < -0.4 is 10.6 Å². The number of carbonyl (C=O) groups is 2. The SMILES string of the molecule is O=COCC(O)CNCC(O)C(O)C(O)C(O)CNCC(O)COC=O. The second-order valence-electron chi connectivity index (χ2n) is 5.60. The van der Waals surface area contributed by atoms with Crippen LogP contribution in [0.1, 0.15) is 0 Å². The second-order valence-corrected chi connectivity index (χ2v) is 5.60. The number of hydrogen-bond acceptors (Lipinski definition) is 12. The molecular formula is C14H28N2O10. The standard InChI is InChI=1S/C14H28N2O10/c17-7-25-5-9(19)1-15-3-11(21)13(23)14(24)12(22)4-16-2-10(20)6-26-8-18/h7-16,19-24H,1-6H2. The molecule has 0 aromatic carbocycles. The topological polar surface area (TPSA) is 198 Å². The van der Waals surface area contributed by atoms with Gasteiger partial charge in [0.05, 0.1) is 12.2 Å². The van der Waals surface area contributed by atoms with Crippen LogP contribution in [-0.2, 0) is 19.1 Å². The van der Waals surface area contributed by atoms with Crippen LogP contribution in [-0.4, -0.2) is 120 Å². The minimum Gasteiger partial charge on any atom is -0.465 e. The maximum absolute atomic E-state index is 9.96. The number of hydrogen-bond donors (Lipinski definition) is 8. The summed E-state index contributed by atoms with van der Waals surface area (Å²) in [5.74, 6) is 0. The van der Waals surface area contributed by atoms with Crippen LogP contribution in [0.5, 0.6) is 0 Å². The summed E-state index contributed by atoms with van der Waals surface area (Å²) in [6.07, 6.45) is -8.23. The summed E-state index contributed by atoms with van der Waals surface area (Å²) in [5.41, 5.74) is 0. The third kappa shape index (κ3) is 11.3. The first-order valence-electron chi connectivity index (χ1n) is 7.93. The van der Waals surface area contributed by atoms with E-state index in [9.17, 15) is 40.2 Å². The summed E-state index contributed by atoms with van der Waals surface area (Å²) in [6.45, 7) is -0.546. The minimum atomic E-state index is -1.68. The Bertz CT molecular complexity index is 342. The monoisotopic (exact) mass is 384 g/mol. The number of rotatable bonds is 17. The van der Waals surface area contributed by atoms with Crippen molar-refractivity contribution in [3.63, 3.8) is 0 Å². The molecule has 0 amide bonds. The van der Waals surface area contributed by atoms with Crippen LogP contribution in [0.4, 0.5) is 0 Å². The lowest BCUT2D eigenvalue weighted by atomic mass is 10.0. The number of carbonyl (C=O) groups excluding carboxylic acids is 2. The minimum absolute atomic E-state index is 0.0292. The quantitative estimate of drug-likeness (QED) is 0.111. The highest BCUT2D eigenvalue weighted by molar-refractivity contribution is 5.37. The van der Waals surface area contributed by atoms with Gasteiger partial charge in [-0.3, -0.25) is 9.59 Å². The van der Waals surface area contributed by atoms with Crippen LogP contribution >= 0.6 is 0 Å². The van der Waals surface area contributed by atoms with E-state index in [4.69, 9.17) is 0 Å². The fourth-order valence-electron chi connectivity index (χ4n) is 1.91. The third-order valence-electron chi connectivity index (χ3n) is 3.32. The van der Waals surface area contributed by atoms with E-state index < -0.39 is 36.6 Å². The summed E-state index contributed by atoms with van der Waals surface area (Å²) >= 11 is 0. The van der Waals surface area contributed by atoms with Crippen LogP contribution in [0.15, 0.2) is 0 Å². The average Bonchev–Trinajstić information content (AvgIpc) is 2.62. The van der Waals surface area contributed by atoms with Crippen molar-refractivity contribution in [2.24, 2.45) is 0 Å². The molecule has 12 heteroatoms. The molecule has 0 aliphatic heterocycles. The predicted octanol–water partition coefficient (Wildman–Crippen LogP) is -5.32. The van der Waals surface area contributed by atoms with Crippen LogP contribution in [0.25, 0.3) is 0 Å². The highest BCUT2D eigenvalue weighted by Gasteiger charge is 2.30. The Labute approximate surface area is 150 Å². The highest BCUT2D eigenvalue weighted by atomic mass is 16.5. The Morgan fingerprint density at radius 1 is 0.654 bits per heavy atom. The van der Waals surface area contributed by atoms with Gasteiger partial charge in [0.25, 0.3) is 12.9 Å². The largest absolute Gasteiger partial charge is 0.465 e. The summed E-state index contributed by atoms with van der Waals surface area (Å²) in [5, 5.41) is 63.2. The number of ether oxygens (including phenoxy) is 2. The second kappa shape index (κ2) is 14.8. The van der Waals surface area contributed by atoms with E-state index >= 15 is 0 Å². The molecule has 12 nitrogen and oxygen atoms in total. The van der Waals surface area contributed by atoms with Crippen LogP contribution in [0, 0.1) is 0 Å². The first kappa shape index (κ1) is 24.6. The molecular weight excluding hydrogens is 356 g/mol. The van der Waals surface area contributed by atoms with Gasteiger partial charge in [-0.05, 0) is 0 Å². The molecule has 0 spiro atoms. The third-order valence-corrected chi connectivity index (χ3v) is 3.32. The van der Waals surface area contributed by atoms with Crippen molar-refractivity contribution in [1.82, 2.24) is 10.6 Å². The maximum Gasteiger partial charge on any atom is 0.293 e. The lowest BCUT2D eigenvalue weighted by Crippen LogP contribution is -2.51. The molecule has 0 aliphatic carbocycles. The zero-order valence-electron chi connectivity index (χ0n) is 14.2. The molecule has 0 heterocycles. The van der Waals surface area contributed by atoms with Gasteiger partial charge < -0.3 is 50.7 Å². The zero-order chi connectivity index (χ0) is 19.9. The van der Waals surface area contributed by atoms with Crippen molar-refractivity contribution in [2.75, 3.05) is 39.4 Å². The maximum atomic E-state index is 9.96. The summed E-state index contributed by atoms with van der Waals surface area (Å²) in [4.78, 5) is 19.9. The van der Waals surface area contributed by atoms with Gasteiger partial charge in [-0.1, -0.05) is 0 Å². The molecule has 0 bridgehead atoms. The normalized spacial score (nSPS) is 18.2. The first-order chi connectivity index (χ1) is 12.3. The van der Waals surface area contributed by atoms with Crippen molar-refractivity contribution < 1.29 is 49.7 Å². The molecule has 6 atom stereocenters. The molecule has 6 unspecified atom stereocenters. The summed E-state index contributed by atoms with van der Waals surface area (Å²) in [6, 6.07) is 0. The van der Waals surface area contributed by atoms with Gasteiger partial charge in [-0.25, -0.2) is 0 Å². The average molecular weight is 384 g/mol. The van der Waals surface area contributed by atoms with E-state index in [1.165, 1.54) is 0 Å². The number of aliphatic hydroxyl groups is 6. The van der Waals surface area contributed by atoms with Crippen molar-refractivity contribution in [2.45, 2.75) is 36.6 Å². The smallest absolute Gasteiger partial charge is 0.293 e. The Kier molecular flexibility index (Phi) is 14.0. The molecule has 0 radical (unpaired) electrons. The van der Waals surface area contributed by atoms with Crippen LogP contribution in [0.2, 0.25) is 0 Å². The predicted molar refractivity (Wildman–Crippen MR) is 85.8 cm³/mol. The van der Waals surface area contributed by atoms with Gasteiger partial charge in [0.2, 0.25) is 0 Å². The highest BCUT2D eigenvalue weighted by Crippen LogP contribution is 2.04. The zero-order valence-corrected chi connectivity index (χ0v) is 14.2. The van der Waals surface area contributed by atoms with Gasteiger partial charge in [-0.15, -0.1) is 0 Å². The molecule has 0 aliphatic rings. The van der Waals surface area contributed by atoms with Crippen molar-refractivity contribution in [1.29, 1.82) is 0 Å². The molecule has 0 rings (SSSR count). The molecule has 26 heavy (non-hydrogen) atoms. The summed E-state index contributed by atoms with van der Waals surface area (Å²) in [7, 11) is 0. The van der Waals surface area contributed by atoms with Crippen LogP contribution in [0.3, 0.4) is 0 Å². The lowest BCUT2D eigenvalue weighted by molar-refractivity contribution is -0.132. The molecule has 0 saturated carbocycles. The van der Waals surface area contributed by atoms with Gasteiger partial charge in [0, 0.05) is 26.2 Å². The van der Waals surface area contributed by atoms with E-state index in [2.05, 4.69) is 20.1 Å². The van der Waals surface area contributed by atoms with E-state index in [1.54, 1.807) is 0 Å². The molecule has 0 aromatic heterocycles. The van der Waals surface area contributed by atoms with Crippen molar-refractivity contribution in [3.8, 4) is 0 Å². The Balaban J connectivity index is 4.03. The lowest BCUT2D eigenvalue weighted by Gasteiger charge is -2.27. The van der Waals surface area contributed by atoms with Gasteiger partial charge in [0.1, 0.15) is 37.6 Å². The Morgan fingerprint density at radius 3 is 1.31 bits per heavy atom. The van der Waals surface area contributed by atoms with Gasteiger partial charge in [-0.2, -0.15) is 0 Å². The Hall–Kier alpha value is -1.38. The number of nitrogens with one attached hydrogen (secondary N) is 2. The Morgan fingerprint density at radius 2 is 1.00 bits per heavy atom. The fourth-order valence-corrected chi connectivity index (χ4v) is 1.91. The van der Waals surface area contributed by atoms with Crippen molar-refractivity contribution >= 4 is 12.9 Å². The molecule has 0 aromatic rings.